The van der Waals surface area contributed by atoms with Gasteiger partial charge in [-0.2, -0.15) is 0 Å². The standard InChI is InChI=1S/C35H32N4O/c1-34(2)28-20-26(25-14-9-6-10-15-25)17-18-30(28)39(22-24-12-7-5-8-13-24)35(34)23-37-29-21-31(38(3)4)27-16-11-19-36-32(27)33(29)40-35/h5-21,23H,22H2,1-4H3. The van der Waals surface area contributed by atoms with Crippen LogP contribution in [-0.2, 0) is 12.0 Å². The molecule has 5 heteroatoms. The van der Waals surface area contributed by atoms with Gasteiger partial charge in [0.25, 0.3) is 0 Å². The summed E-state index contributed by atoms with van der Waals surface area (Å²) in [5.74, 6) is 0.728. The van der Waals surface area contributed by atoms with Crippen molar-refractivity contribution in [1.82, 2.24) is 4.98 Å². The Morgan fingerprint density at radius 1 is 0.825 bits per heavy atom. The van der Waals surface area contributed by atoms with Gasteiger partial charge in [-0.3, -0.25) is 9.98 Å². The number of ether oxygens (including phenoxy) is 1. The van der Waals surface area contributed by atoms with Gasteiger partial charge in [0, 0.05) is 43.6 Å². The van der Waals surface area contributed by atoms with Crippen LogP contribution in [-0.4, -0.2) is 31.0 Å². The van der Waals surface area contributed by atoms with Crippen molar-refractivity contribution in [2.75, 3.05) is 23.9 Å². The van der Waals surface area contributed by atoms with Gasteiger partial charge < -0.3 is 14.5 Å². The summed E-state index contributed by atoms with van der Waals surface area (Å²) in [7, 11) is 4.09. The molecule has 2 aliphatic heterocycles. The Morgan fingerprint density at radius 3 is 2.33 bits per heavy atom. The molecule has 0 fully saturated rings. The number of hydrogen-bond donors (Lipinski definition) is 0. The van der Waals surface area contributed by atoms with Crippen molar-refractivity contribution in [2.24, 2.45) is 4.99 Å². The lowest BCUT2D eigenvalue weighted by Crippen LogP contribution is -2.62. The van der Waals surface area contributed by atoms with Crippen LogP contribution in [0.5, 0.6) is 5.75 Å². The van der Waals surface area contributed by atoms with E-state index in [1.807, 2.05) is 32.6 Å². The van der Waals surface area contributed by atoms with Crippen LogP contribution < -0.4 is 14.5 Å². The third kappa shape index (κ3) is 3.54. The van der Waals surface area contributed by atoms with Crippen molar-refractivity contribution < 1.29 is 4.74 Å². The number of aliphatic imine (C=N–C) groups is 1. The van der Waals surface area contributed by atoms with Gasteiger partial charge in [-0.15, -0.1) is 0 Å². The van der Waals surface area contributed by atoms with E-state index < -0.39 is 11.1 Å². The van der Waals surface area contributed by atoms with Crippen molar-refractivity contribution in [3.63, 3.8) is 0 Å². The molecular weight excluding hydrogens is 492 g/mol. The number of aromatic nitrogens is 1. The summed E-state index contributed by atoms with van der Waals surface area (Å²) >= 11 is 0. The summed E-state index contributed by atoms with van der Waals surface area (Å²) in [6, 6.07) is 34.1. The average molecular weight is 525 g/mol. The number of pyridine rings is 1. The third-order valence-corrected chi connectivity index (χ3v) is 8.47. The average Bonchev–Trinajstić information content (AvgIpc) is 3.15. The van der Waals surface area contributed by atoms with Crippen molar-refractivity contribution in [3.8, 4) is 16.9 Å². The molecule has 0 saturated carbocycles. The fourth-order valence-corrected chi connectivity index (χ4v) is 6.27. The molecule has 0 radical (unpaired) electrons. The first-order valence-corrected chi connectivity index (χ1v) is 13.7. The summed E-state index contributed by atoms with van der Waals surface area (Å²) in [6.45, 7) is 5.23. The number of benzene rings is 4. The highest BCUT2D eigenvalue weighted by Gasteiger charge is 2.60. The summed E-state index contributed by atoms with van der Waals surface area (Å²) < 4.78 is 7.25. The smallest absolute Gasteiger partial charge is 0.229 e. The molecule has 1 unspecified atom stereocenters. The first kappa shape index (κ1) is 24.4. The zero-order chi connectivity index (χ0) is 27.5. The van der Waals surface area contributed by atoms with E-state index in [1.54, 1.807) is 0 Å². The Morgan fingerprint density at radius 2 is 1.57 bits per heavy atom. The van der Waals surface area contributed by atoms with E-state index in [4.69, 9.17) is 14.7 Å². The largest absolute Gasteiger partial charge is 0.457 e. The SMILES string of the molecule is CN(C)c1cc2c(c3ncccc13)OC1(C=N2)N(Cc2ccccc2)c2ccc(-c3ccccc3)cc2C1(C)C. The Bertz CT molecular complexity index is 1760. The molecule has 5 aromatic rings. The second-order valence-electron chi connectivity index (χ2n) is 11.4. The molecule has 1 atom stereocenters. The molecule has 1 spiro atoms. The maximum atomic E-state index is 7.25. The highest BCUT2D eigenvalue weighted by atomic mass is 16.5. The third-order valence-electron chi connectivity index (χ3n) is 8.47. The van der Waals surface area contributed by atoms with Crippen LogP contribution in [0.2, 0.25) is 0 Å². The lowest BCUT2D eigenvalue weighted by Gasteiger charge is -2.46. The second-order valence-corrected chi connectivity index (χ2v) is 11.4. The van der Waals surface area contributed by atoms with Crippen molar-refractivity contribution in [2.45, 2.75) is 31.5 Å². The normalized spacial score (nSPS) is 18.4. The number of rotatable bonds is 4. The van der Waals surface area contributed by atoms with E-state index in [2.05, 4.69) is 115 Å². The van der Waals surface area contributed by atoms with E-state index in [1.165, 1.54) is 22.3 Å². The molecule has 40 heavy (non-hydrogen) atoms. The fraction of sp³-hybridized carbons (Fsp3) is 0.200. The maximum absolute atomic E-state index is 7.25. The Balaban J connectivity index is 1.44. The van der Waals surface area contributed by atoms with Gasteiger partial charge in [0.15, 0.2) is 5.75 Å². The summed E-state index contributed by atoms with van der Waals surface area (Å²) in [4.78, 5) is 14.4. The molecule has 0 N–H and O–H groups in total. The molecule has 198 valence electrons. The molecule has 0 aliphatic carbocycles. The minimum absolute atomic E-state index is 0.426. The van der Waals surface area contributed by atoms with Crippen LogP contribution in [0.4, 0.5) is 17.1 Å². The number of hydrogen-bond acceptors (Lipinski definition) is 5. The van der Waals surface area contributed by atoms with Gasteiger partial charge in [-0.25, -0.2) is 0 Å². The van der Waals surface area contributed by atoms with Gasteiger partial charge in [-0.1, -0.05) is 66.7 Å². The van der Waals surface area contributed by atoms with Gasteiger partial charge in [-0.05, 0) is 66.4 Å². The number of fused-ring (bicyclic) bond motifs is 4. The highest BCUT2D eigenvalue weighted by molar-refractivity contribution is 6.02. The predicted octanol–water partition coefficient (Wildman–Crippen LogP) is 7.76. The minimum atomic E-state index is -0.850. The monoisotopic (exact) mass is 524 g/mol. The number of nitrogens with zero attached hydrogens (tertiary/aromatic N) is 4. The van der Waals surface area contributed by atoms with Gasteiger partial charge in [0.1, 0.15) is 11.2 Å². The molecule has 0 amide bonds. The summed E-state index contributed by atoms with van der Waals surface area (Å²) in [5, 5.41) is 1.05. The first-order valence-electron chi connectivity index (χ1n) is 13.7. The second kappa shape index (κ2) is 8.95. The van der Waals surface area contributed by atoms with E-state index in [0.29, 0.717) is 6.54 Å². The van der Waals surface area contributed by atoms with E-state index in [-0.39, 0.29) is 0 Å². The predicted molar refractivity (Wildman–Crippen MR) is 165 cm³/mol. The lowest BCUT2D eigenvalue weighted by molar-refractivity contribution is 0.0778. The molecule has 4 aromatic carbocycles. The van der Waals surface area contributed by atoms with Crippen molar-refractivity contribution >= 4 is 34.2 Å². The van der Waals surface area contributed by atoms with Crippen molar-refractivity contribution in [3.05, 3.63) is 114 Å². The summed E-state index contributed by atoms with van der Waals surface area (Å²) in [6.07, 6.45) is 3.85. The van der Waals surface area contributed by atoms with Gasteiger partial charge in [0.2, 0.25) is 5.72 Å². The fourth-order valence-electron chi connectivity index (χ4n) is 6.27. The Kier molecular flexibility index (Phi) is 5.46. The first-order chi connectivity index (χ1) is 19.4. The van der Waals surface area contributed by atoms with Gasteiger partial charge >= 0.3 is 0 Å². The Hall–Kier alpha value is -4.64. The minimum Gasteiger partial charge on any atom is -0.457 e. The number of anilines is 2. The van der Waals surface area contributed by atoms with Crippen molar-refractivity contribution in [1.29, 1.82) is 0 Å². The van der Waals surface area contributed by atoms with Gasteiger partial charge in [0.05, 0.1) is 11.6 Å². The maximum Gasteiger partial charge on any atom is 0.229 e. The molecule has 0 bridgehead atoms. The van der Waals surface area contributed by atoms with E-state index in [0.717, 1.165) is 33.7 Å². The Labute approximate surface area is 235 Å². The zero-order valence-corrected chi connectivity index (χ0v) is 23.3. The molecule has 2 aliphatic rings. The quantitative estimate of drug-likeness (QED) is 0.241. The van der Waals surface area contributed by atoms with Crippen LogP contribution in [0.25, 0.3) is 22.0 Å². The van der Waals surface area contributed by atoms with Crippen LogP contribution >= 0.6 is 0 Å². The topological polar surface area (TPSA) is 41.0 Å². The molecule has 1 aromatic heterocycles. The van der Waals surface area contributed by atoms with Crippen LogP contribution in [0, 0.1) is 0 Å². The lowest BCUT2D eigenvalue weighted by atomic mass is 9.76. The van der Waals surface area contributed by atoms with E-state index >= 15 is 0 Å². The van der Waals surface area contributed by atoms with Crippen LogP contribution in [0.15, 0.2) is 108 Å². The van der Waals surface area contributed by atoms with E-state index in [9.17, 15) is 0 Å². The van der Waals surface area contributed by atoms with Crippen LogP contribution in [0.1, 0.15) is 25.0 Å². The molecule has 7 rings (SSSR count). The summed E-state index contributed by atoms with van der Waals surface area (Å²) in [5.41, 5.74) is 7.43. The molecule has 5 nitrogen and oxygen atoms in total. The zero-order valence-electron chi connectivity index (χ0n) is 23.3. The highest BCUT2D eigenvalue weighted by Crippen LogP contribution is 2.56. The molecular formula is C35H32N4O. The van der Waals surface area contributed by atoms with Crippen LogP contribution in [0.3, 0.4) is 0 Å². The molecule has 0 saturated heterocycles. The molecule has 3 heterocycles.